The predicted molar refractivity (Wildman–Crippen MR) is 133 cm³/mol. The van der Waals surface area contributed by atoms with Crippen LogP contribution in [0, 0.1) is 5.92 Å². The lowest BCUT2D eigenvalue weighted by atomic mass is 10.0. The van der Waals surface area contributed by atoms with Crippen molar-refractivity contribution in [3.8, 4) is 5.75 Å². The van der Waals surface area contributed by atoms with Gasteiger partial charge in [-0.15, -0.1) is 0 Å². The van der Waals surface area contributed by atoms with E-state index in [0.29, 0.717) is 42.1 Å². The maximum absolute atomic E-state index is 13.4. The fourth-order valence-electron chi connectivity index (χ4n) is 4.04. The summed E-state index contributed by atoms with van der Waals surface area (Å²) in [5.41, 5.74) is 1.46. The molecular weight excluding hydrogens is 448 g/mol. The van der Waals surface area contributed by atoms with Crippen LogP contribution < -0.4 is 10.1 Å². The molecule has 2 heterocycles. The molecule has 1 aliphatic heterocycles. The average molecular weight is 483 g/mol. The highest BCUT2D eigenvalue weighted by molar-refractivity contribution is 5.98. The molecule has 1 aromatic carbocycles. The summed E-state index contributed by atoms with van der Waals surface area (Å²) in [6, 6.07) is 8.07. The molecule has 0 aliphatic carbocycles. The molecule has 0 fully saturated rings. The highest BCUT2D eigenvalue weighted by atomic mass is 16.5. The number of amides is 3. The van der Waals surface area contributed by atoms with Gasteiger partial charge >= 0.3 is 0 Å². The van der Waals surface area contributed by atoms with Crippen LogP contribution in [0.4, 0.5) is 5.69 Å². The lowest BCUT2D eigenvalue weighted by Crippen LogP contribution is -2.48. The van der Waals surface area contributed by atoms with E-state index in [-0.39, 0.29) is 42.4 Å². The van der Waals surface area contributed by atoms with Crippen LogP contribution in [0.3, 0.4) is 0 Å². The average Bonchev–Trinajstić information content (AvgIpc) is 2.87. The van der Waals surface area contributed by atoms with E-state index in [1.54, 1.807) is 73.6 Å². The second-order valence-corrected chi connectivity index (χ2v) is 8.90. The number of nitrogens with zero attached hydrogens (tertiary/aromatic N) is 3. The van der Waals surface area contributed by atoms with E-state index in [0.717, 1.165) is 0 Å². The van der Waals surface area contributed by atoms with Gasteiger partial charge in [-0.3, -0.25) is 19.4 Å². The van der Waals surface area contributed by atoms with Crippen LogP contribution in [0.2, 0.25) is 0 Å². The van der Waals surface area contributed by atoms with Crippen LogP contribution in [0.1, 0.15) is 47.9 Å². The number of carbonyl (C=O) groups excluding carboxylic acids is 3. The molecular formula is C26H34N4O5. The third kappa shape index (κ3) is 6.36. The van der Waals surface area contributed by atoms with Gasteiger partial charge in [0.2, 0.25) is 5.91 Å². The van der Waals surface area contributed by atoms with E-state index < -0.39 is 0 Å². The van der Waals surface area contributed by atoms with Crippen molar-refractivity contribution in [1.29, 1.82) is 0 Å². The number of pyridine rings is 1. The van der Waals surface area contributed by atoms with Crippen LogP contribution >= 0.6 is 0 Å². The minimum atomic E-state index is -0.301. The number of nitrogens with one attached hydrogen (secondary N) is 1. The molecule has 0 saturated carbocycles. The summed E-state index contributed by atoms with van der Waals surface area (Å²) in [5.74, 6) is -0.173. The first kappa shape index (κ1) is 26.2. The number of likely N-dealkylation sites (N-methyl/N-ethyl adjacent to an activating group) is 1. The van der Waals surface area contributed by atoms with E-state index in [1.165, 1.54) is 0 Å². The fourth-order valence-corrected chi connectivity index (χ4v) is 4.04. The van der Waals surface area contributed by atoms with Gasteiger partial charge in [-0.25, -0.2) is 0 Å². The topological polar surface area (TPSA) is 101 Å². The van der Waals surface area contributed by atoms with Gasteiger partial charge in [0.1, 0.15) is 12.4 Å². The van der Waals surface area contributed by atoms with Crippen LogP contribution in [0.5, 0.6) is 5.75 Å². The van der Waals surface area contributed by atoms with E-state index in [9.17, 15) is 14.4 Å². The monoisotopic (exact) mass is 482 g/mol. The number of hydrogen-bond donors (Lipinski definition) is 1. The first-order valence-electron chi connectivity index (χ1n) is 11.8. The number of methoxy groups -OCH3 is 1. The van der Waals surface area contributed by atoms with E-state index >= 15 is 0 Å². The lowest BCUT2D eigenvalue weighted by Gasteiger charge is -2.36. The summed E-state index contributed by atoms with van der Waals surface area (Å²) in [4.78, 5) is 46.0. The highest BCUT2D eigenvalue weighted by Crippen LogP contribution is 2.27. The zero-order valence-corrected chi connectivity index (χ0v) is 21.0. The summed E-state index contributed by atoms with van der Waals surface area (Å²) >= 11 is 0. The van der Waals surface area contributed by atoms with Crippen molar-refractivity contribution in [3.05, 3.63) is 53.9 Å². The smallest absolute Gasteiger partial charge is 0.257 e. The summed E-state index contributed by atoms with van der Waals surface area (Å²) in [5, 5.41) is 2.80. The third-order valence-corrected chi connectivity index (χ3v) is 6.24. The van der Waals surface area contributed by atoms with Crippen molar-refractivity contribution in [3.63, 3.8) is 0 Å². The number of hydrogen-bond acceptors (Lipinski definition) is 6. The Morgan fingerprint density at radius 2 is 1.89 bits per heavy atom. The maximum atomic E-state index is 13.4. The van der Waals surface area contributed by atoms with Crippen LogP contribution in [0.25, 0.3) is 0 Å². The van der Waals surface area contributed by atoms with Gasteiger partial charge in [-0.1, -0.05) is 13.8 Å². The lowest BCUT2D eigenvalue weighted by molar-refractivity contribution is -0.115. The Bertz CT molecular complexity index is 1050. The number of anilines is 1. The number of carbonyl (C=O) groups is 3. The molecule has 0 spiro atoms. The molecule has 9 nitrogen and oxygen atoms in total. The Hall–Kier alpha value is -3.46. The molecule has 2 aromatic rings. The zero-order chi connectivity index (χ0) is 25.5. The van der Waals surface area contributed by atoms with Crippen molar-refractivity contribution in [2.24, 2.45) is 5.92 Å². The fraction of sp³-hybridized carbons (Fsp3) is 0.462. The van der Waals surface area contributed by atoms with E-state index in [2.05, 4.69) is 10.3 Å². The molecule has 0 bridgehead atoms. The van der Waals surface area contributed by atoms with Gasteiger partial charge in [0.05, 0.1) is 17.7 Å². The molecule has 3 atom stereocenters. The molecule has 0 saturated heterocycles. The Kier molecular flexibility index (Phi) is 8.81. The van der Waals surface area contributed by atoms with Gasteiger partial charge in [0.15, 0.2) is 0 Å². The van der Waals surface area contributed by atoms with Crippen molar-refractivity contribution >= 4 is 23.4 Å². The second kappa shape index (κ2) is 11.8. The molecule has 35 heavy (non-hydrogen) atoms. The van der Waals surface area contributed by atoms with Crippen molar-refractivity contribution in [2.75, 3.05) is 39.2 Å². The first-order chi connectivity index (χ1) is 16.7. The molecule has 1 aromatic heterocycles. The Morgan fingerprint density at radius 1 is 1.17 bits per heavy atom. The number of aromatic nitrogens is 1. The highest BCUT2D eigenvalue weighted by Gasteiger charge is 2.30. The maximum Gasteiger partial charge on any atom is 0.257 e. The molecule has 9 heteroatoms. The summed E-state index contributed by atoms with van der Waals surface area (Å²) < 4.78 is 11.9. The van der Waals surface area contributed by atoms with E-state index in [1.807, 2.05) is 13.8 Å². The number of ether oxygens (including phenoxy) is 2. The van der Waals surface area contributed by atoms with Gasteiger partial charge in [-0.2, -0.15) is 0 Å². The van der Waals surface area contributed by atoms with Gasteiger partial charge in [0, 0.05) is 69.3 Å². The van der Waals surface area contributed by atoms with Gasteiger partial charge < -0.3 is 24.6 Å². The van der Waals surface area contributed by atoms with Gasteiger partial charge in [-0.05, 0) is 31.2 Å². The van der Waals surface area contributed by atoms with Crippen molar-refractivity contribution in [2.45, 2.75) is 39.3 Å². The summed E-state index contributed by atoms with van der Waals surface area (Å²) in [6.07, 6.45) is 3.24. The second-order valence-electron chi connectivity index (χ2n) is 8.90. The Balaban J connectivity index is 1.99. The third-order valence-electron chi connectivity index (χ3n) is 6.24. The SMILES string of the molecule is CCC(=O)Nc1ccc2c(c1)OC[C@@H](C)N(C(=O)c1ccncc1)C[C@@H](C)[C@H](OC)CN(C)C2=O. The predicted octanol–water partition coefficient (Wildman–Crippen LogP) is 3.08. The molecule has 188 valence electrons. The van der Waals surface area contributed by atoms with Crippen molar-refractivity contribution in [1.82, 2.24) is 14.8 Å². The molecule has 3 amide bonds. The summed E-state index contributed by atoms with van der Waals surface area (Å²) in [7, 11) is 3.33. The molecule has 0 unspecified atom stereocenters. The number of benzene rings is 1. The number of rotatable bonds is 4. The Morgan fingerprint density at radius 3 is 2.54 bits per heavy atom. The van der Waals surface area contributed by atoms with Crippen LogP contribution in [-0.4, -0.2) is 78.5 Å². The zero-order valence-electron chi connectivity index (χ0n) is 21.0. The molecule has 0 radical (unpaired) electrons. The quantitative estimate of drug-likeness (QED) is 0.719. The molecule has 3 rings (SSSR count). The van der Waals surface area contributed by atoms with Crippen LogP contribution in [0.15, 0.2) is 42.7 Å². The largest absolute Gasteiger partial charge is 0.491 e. The standard InChI is InChI=1S/C26H34N4O5/c1-6-24(31)28-20-7-8-21-22(13-20)35-16-18(3)30(25(32)19-9-11-27-12-10-19)14-17(2)23(34-5)15-29(4)26(21)33/h7-13,17-18,23H,6,14-16H2,1-5H3,(H,28,31)/t17-,18-,23-/m1/s1. The minimum absolute atomic E-state index is 0.0472. The Labute approximate surface area is 206 Å². The normalized spacial score (nSPS) is 21.3. The molecule has 1 N–H and O–H groups in total. The van der Waals surface area contributed by atoms with Crippen LogP contribution in [-0.2, 0) is 9.53 Å². The van der Waals surface area contributed by atoms with Gasteiger partial charge in [0.25, 0.3) is 11.8 Å². The minimum Gasteiger partial charge on any atom is -0.491 e. The van der Waals surface area contributed by atoms with Crippen molar-refractivity contribution < 1.29 is 23.9 Å². The summed E-state index contributed by atoms with van der Waals surface area (Å²) in [6.45, 7) is 6.62. The van der Waals surface area contributed by atoms with E-state index in [4.69, 9.17) is 9.47 Å². The first-order valence-corrected chi connectivity index (χ1v) is 11.8. The number of fused-ring (bicyclic) bond motifs is 1. The molecule has 1 aliphatic rings.